The van der Waals surface area contributed by atoms with Crippen molar-refractivity contribution < 1.29 is 9.90 Å². The second kappa shape index (κ2) is 5.60. The van der Waals surface area contributed by atoms with Gasteiger partial charge in [-0.1, -0.05) is 0 Å². The number of aryl methyl sites for hydroxylation is 1. The molecule has 1 amide bonds. The van der Waals surface area contributed by atoms with Gasteiger partial charge in [-0.25, -0.2) is 4.98 Å². The van der Waals surface area contributed by atoms with Crippen LogP contribution in [-0.2, 0) is 0 Å². The van der Waals surface area contributed by atoms with E-state index in [1.165, 1.54) is 0 Å². The van der Waals surface area contributed by atoms with Gasteiger partial charge in [-0.3, -0.25) is 9.59 Å². The molecule has 114 valence electrons. The summed E-state index contributed by atoms with van der Waals surface area (Å²) in [6.07, 6.45) is 3.69. The lowest BCUT2D eigenvalue weighted by Gasteiger charge is -2.31. The summed E-state index contributed by atoms with van der Waals surface area (Å²) >= 11 is 0. The number of H-pyrrole nitrogens is 1. The van der Waals surface area contributed by atoms with Gasteiger partial charge >= 0.3 is 0 Å². The Balaban J connectivity index is 1.80. The molecule has 6 nitrogen and oxygen atoms in total. The highest BCUT2D eigenvalue weighted by atomic mass is 16.3. The Morgan fingerprint density at radius 3 is 2.52 bits per heavy atom. The first-order valence-electron chi connectivity index (χ1n) is 7.61. The predicted octanol–water partition coefficient (Wildman–Crippen LogP) is 0.800. The fourth-order valence-electron chi connectivity index (χ4n) is 2.89. The zero-order chi connectivity index (χ0) is 15.0. The summed E-state index contributed by atoms with van der Waals surface area (Å²) in [5.74, 6) is 1.11. The van der Waals surface area contributed by atoms with E-state index < -0.39 is 0 Å². The minimum atomic E-state index is -0.321. The number of rotatable bonds is 3. The van der Waals surface area contributed by atoms with E-state index in [0.29, 0.717) is 30.5 Å². The van der Waals surface area contributed by atoms with Gasteiger partial charge in [0, 0.05) is 25.6 Å². The van der Waals surface area contributed by atoms with Crippen LogP contribution in [-0.4, -0.2) is 45.6 Å². The fraction of sp³-hybridized carbons (Fsp3) is 0.667. The van der Waals surface area contributed by atoms with Gasteiger partial charge in [0.05, 0.1) is 5.69 Å². The van der Waals surface area contributed by atoms with E-state index in [0.717, 1.165) is 25.7 Å². The molecule has 0 atom stereocenters. The van der Waals surface area contributed by atoms with E-state index >= 15 is 0 Å². The Hall–Kier alpha value is -1.69. The van der Waals surface area contributed by atoms with Crippen molar-refractivity contribution in [2.75, 3.05) is 19.7 Å². The summed E-state index contributed by atoms with van der Waals surface area (Å²) in [5, 5.41) is 9.14. The molecule has 1 aliphatic carbocycles. The van der Waals surface area contributed by atoms with Crippen LogP contribution in [0.3, 0.4) is 0 Å². The molecule has 1 saturated carbocycles. The fourth-order valence-corrected chi connectivity index (χ4v) is 2.89. The third kappa shape index (κ3) is 2.85. The summed E-state index contributed by atoms with van der Waals surface area (Å²) in [4.78, 5) is 33.6. The second-order valence-corrected chi connectivity index (χ2v) is 6.10. The van der Waals surface area contributed by atoms with Crippen LogP contribution in [0.5, 0.6) is 0 Å². The minimum Gasteiger partial charge on any atom is -0.396 e. The number of carbonyl (C=O) groups is 1. The third-order valence-corrected chi connectivity index (χ3v) is 4.46. The van der Waals surface area contributed by atoms with Crippen molar-refractivity contribution in [2.45, 2.75) is 38.5 Å². The maximum Gasteiger partial charge on any atom is 0.264 e. The van der Waals surface area contributed by atoms with Crippen LogP contribution in [0.25, 0.3) is 0 Å². The molecule has 0 bridgehead atoms. The lowest BCUT2D eigenvalue weighted by molar-refractivity contribution is 0.0647. The molecule has 2 N–H and O–H groups in total. The Morgan fingerprint density at radius 1 is 1.33 bits per heavy atom. The molecule has 0 unspecified atom stereocenters. The van der Waals surface area contributed by atoms with Crippen LogP contribution in [0.15, 0.2) is 4.79 Å². The number of carbonyl (C=O) groups excluding carboxylic acids is 1. The average Bonchev–Trinajstić information content (AvgIpc) is 3.31. The van der Waals surface area contributed by atoms with Gasteiger partial charge < -0.3 is 15.0 Å². The van der Waals surface area contributed by atoms with Crippen LogP contribution in [0.4, 0.5) is 0 Å². The molecule has 2 heterocycles. The second-order valence-electron chi connectivity index (χ2n) is 6.10. The van der Waals surface area contributed by atoms with Crippen LogP contribution in [0.2, 0.25) is 0 Å². The topological polar surface area (TPSA) is 86.3 Å². The van der Waals surface area contributed by atoms with E-state index in [-0.39, 0.29) is 29.6 Å². The van der Waals surface area contributed by atoms with Gasteiger partial charge in [-0.2, -0.15) is 0 Å². The molecule has 3 rings (SSSR count). The summed E-state index contributed by atoms with van der Waals surface area (Å²) in [6.45, 7) is 3.08. The third-order valence-electron chi connectivity index (χ3n) is 4.46. The highest BCUT2D eigenvalue weighted by Gasteiger charge is 2.30. The molecule has 21 heavy (non-hydrogen) atoms. The first kappa shape index (κ1) is 14.3. The summed E-state index contributed by atoms with van der Waals surface area (Å²) in [5.41, 5.74) is 0.371. The number of piperidine rings is 1. The number of hydrogen-bond donors (Lipinski definition) is 2. The van der Waals surface area contributed by atoms with E-state index in [2.05, 4.69) is 9.97 Å². The largest absolute Gasteiger partial charge is 0.396 e. The van der Waals surface area contributed by atoms with Crippen molar-refractivity contribution in [3.8, 4) is 0 Å². The highest BCUT2D eigenvalue weighted by molar-refractivity contribution is 5.94. The standard InChI is InChI=1S/C15H21N3O3/c1-9-12(14(20)17-13(16-9)11-2-3-11)15(21)18-6-4-10(8-19)5-7-18/h10-11,19H,2-8H2,1H3,(H,16,17,20). The molecular formula is C15H21N3O3. The molecule has 2 aliphatic rings. The van der Waals surface area contributed by atoms with E-state index in [1.807, 2.05) is 0 Å². The van der Waals surface area contributed by atoms with Gasteiger partial charge in [-0.05, 0) is 38.5 Å². The molecule has 0 radical (unpaired) electrons. The monoisotopic (exact) mass is 291 g/mol. The first-order chi connectivity index (χ1) is 10.1. The van der Waals surface area contributed by atoms with Gasteiger partial charge in [-0.15, -0.1) is 0 Å². The minimum absolute atomic E-state index is 0.166. The van der Waals surface area contributed by atoms with Gasteiger partial charge in [0.1, 0.15) is 11.4 Å². The number of nitrogens with zero attached hydrogens (tertiary/aromatic N) is 2. The SMILES string of the molecule is Cc1nc(C2CC2)[nH]c(=O)c1C(=O)N1CCC(CO)CC1. The van der Waals surface area contributed by atoms with Crippen molar-refractivity contribution in [3.63, 3.8) is 0 Å². The van der Waals surface area contributed by atoms with Crippen molar-refractivity contribution in [1.82, 2.24) is 14.9 Å². The number of aromatic nitrogens is 2. The number of likely N-dealkylation sites (tertiary alicyclic amines) is 1. The number of amides is 1. The quantitative estimate of drug-likeness (QED) is 0.862. The number of hydrogen-bond acceptors (Lipinski definition) is 4. The Labute approximate surface area is 123 Å². The van der Waals surface area contributed by atoms with Gasteiger partial charge in [0.25, 0.3) is 11.5 Å². The molecular weight excluding hydrogens is 270 g/mol. The smallest absolute Gasteiger partial charge is 0.264 e. The van der Waals surface area contributed by atoms with E-state index in [4.69, 9.17) is 5.11 Å². The Morgan fingerprint density at radius 2 is 2.00 bits per heavy atom. The number of aromatic amines is 1. The average molecular weight is 291 g/mol. The molecule has 1 aliphatic heterocycles. The maximum absolute atomic E-state index is 12.5. The van der Waals surface area contributed by atoms with Crippen LogP contribution < -0.4 is 5.56 Å². The van der Waals surface area contributed by atoms with Gasteiger partial charge in [0.15, 0.2) is 0 Å². The summed E-state index contributed by atoms with van der Waals surface area (Å²) < 4.78 is 0. The van der Waals surface area contributed by atoms with Gasteiger partial charge in [0.2, 0.25) is 0 Å². The predicted molar refractivity (Wildman–Crippen MR) is 77.3 cm³/mol. The van der Waals surface area contributed by atoms with Crippen molar-refractivity contribution in [3.05, 3.63) is 27.4 Å². The Bertz CT molecular complexity index is 599. The lowest BCUT2D eigenvalue weighted by atomic mass is 9.97. The molecule has 6 heteroatoms. The van der Waals surface area contributed by atoms with E-state index in [9.17, 15) is 9.59 Å². The molecule has 0 spiro atoms. The lowest BCUT2D eigenvalue weighted by Crippen LogP contribution is -2.42. The van der Waals surface area contributed by atoms with Crippen molar-refractivity contribution >= 4 is 5.91 Å². The molecule has 1 saturated heterocycles. The van der Waals surface area contributed by atoms with Crippen molar-refractivity contribution in [2.24, 2.45) is 5.92 Å². The first-order valence-corrected chi connectivity index (χ1v) is 7.61. The highest BCUT2D eigenvalue weighted by Crippen LogP contribution is 2.37. The molecule has 2 fully saturated rings. The summed E-state index contributed by atoms with van der Waals surface area (Å²) in [7, 11) is 0. The maximum atomic E-state index is 12.5. The molecule has 0 aromatic carbocycles. The molecule has 1 aromatic heterocycles. The normalized spacial score (nSPS) is 19.8. The van der Waals surface area contributed by atoms with Crippen molar-refractivity contribution in [1.29, 1.82) is 0 Å². The number of nitrogens with one attached hydrogen (secondary N) is 1. The zero-order valence-corrected chi connectivity index (χ0v) is 12.3. The zero-order valence-electron chi connectivity index (χ0n) is 12.3. The van der Waals surface area contributed by atoms with Crippen LogP contribution in [0, 0.1) is 12.8 Å². The van der Waals surface area contributed by atoms with Crippen LogP contribution in [0.1, 0.15) is 53.5 Å². The number of aliphatic hydroxyl groups is 1. The van der Waals surface area contributed by atoms with E-state index in [1.54, 1.807) is 11.8 Å². The van der Waals surface area contributed by atoms with Crippen LogP contribution >= 0.6 is 0 Å². The molecule has 1 aromatic rings. The Kier molecular flexibility index (Phi) is 3.80. The number of aliphatic hydroxyl groups excluding tert-OH is 1. The summed E-state index contributed by atoms with van der Waals surface area (Å²) in [6, 6.07) is 0.